The lowest BCUT2D eigenvalue weighted by molar-refractivity contribution is 0.747. The number of allylic oxidation sites excluding steroid dienone is 2. The fourth-order valence-electron chi connectivity index (χ4n) is 4.95. The lowest BCUT2D eigenvalue weighted by Crippen LogP contribution is -2.28. The van der Waals surface area contributed by atoms with Crippen molar-refractivity contribution in [1.29, 1.82) is 5.26 Å². The van der Waals surface area contributed by atoms with Gasteiger partial charge in [-0.25, -0.2) is 0 Å². The van der Waals surface area contributed by atoms with E-state index in [1.165, 1.54) is 28.1 Å². The minimum absolute atomic E-state index is 0.216. The third kappa shape index (κ3) is 3.33. The van der Waals surface area contributed by atoms with Crippen molar-refractivity contribution in [3.63, 3.8) is 0 Å². The first-order chi connectivity index (χ1) is 16.3. The van der Waals surface area contributed by atoms with E-state index in [4.69, 9.17) is 0 Å². The molecule has 1 aliphatic heterocycles. The summed E-state index contributed by atoms with van der Waals surface area (Å²) in [7, 11) is 0. The summed E-state index contributed by atoms with van der Waals surface area (Å²) in [5, 5.41) is 9.30. The van der Waals surface area contributed by atoms with Crippen LogP contribution in [0.15, 0.2) is 116 Å². The lowest BCUT2D eigenvalue weighted by atomic mass is 9.85. The second-order valence-electron chi connectivity index (χ2n) is 8.42. The predicted molar refractivity (Wildman–Crippen MR) is 133 cm³/mol. The molecule has 0 fully saturated rings. The normalized spacial score (nSPS) is 18.3. The van der Waals surface area contributed by atoms with E-state index in [1.54, 1.807) is 6.20 Å². The molecule has 4 aromatic rings. The highest BCUT2D eigenvalue weighted by atomic mass is 15.2. The number of anilines is 2. The van der Waals surface area contributed by atoms with Crippen molar-refractivity contribution in [2.24, 2.45) is 0 Å². The zero-order valence-corrected chi connectivity index (χ0v) is 18.0. The first-order valence-corrected chi connectivity index (χ1v) is 11.1. The van der Waals surface area contributed by atoms with Gasteiger partial charge in [0.15, 0.2) is 0 Å². The van der Waals surface area contributed by atoms with Crippen LogP contribution in [0.4, 0.5) is 11.4 Å². The van der Waals surface area contributed by atoms with E-state index in [2.05, 4.69) is 113 Å². The summed E-state index contributed by atoms with van der Waals surface area (Å²) in [5.74, 6) is 0.229. The molecular formula is C30H21N3. The monoisotopic (exact) mass is 423 g/mol. The summed E-state index contributed by atoms with van der Waals surface area (Å²) in [6.07, 6.45) is 10.4. The zero-order valence-electron chi connectivity index (χ0n) is 18.0. The molecule has 0 amide bonds. The molecule has 2 atom stereocenters. The molecule has 33 heavy (non-hydrogen) atoms. The standard InChI is InChI=1S/C30H21N3/c31-18-21-15-25(20-32-19-21)24-12-14-30-28(17-24)27-16-23(22-7-3-1-4-8-22)11-13-29(27)33(30)26-9-5-2-6-10-26/h1-17,19-20,27,29H. The molecule has 0 N–H and O–H groups in total. The fourth-order valence-corrected chi connectivity index (χ4v) is 4.95. The number of benzene rings is 3. The van der Waals surface area contributed by atoms with Gasteiger partial charge in [-0.2, -0.15) is 5.26 Å². The third-order valence-electron chi connectivity index (χ3n) is 6.49. The summed E-state index contributed by atoms with van der Waals surface area (Å²) >= 11 is 0. The predicted octanol–water partition coefficient (Wildman–Crippen LogP) is 6.88. The minimum atomic E-state index is 0.216. The van der Waals surface area contributed by atoms with Crippen LogP contribution in [0.2, 0.25) is 0 Å². The Kier molecular flexibility index (Phi) is 4.63. The van der Waals surface area contributed by atoms with E-state index in [0.29, 0.717) is 5.56 Å². The average Bonchev–Trinajstić information content (AvgIpc) is 3.22. The SMILES string of the molecule is N#Cc1cncc(-c2ccc3c(c2)C2C=C(c4ccccc4)C=CC2N3c2ccccc2)c1. The van der Waals surface area contributed by atoms with Crippen molar-refractivity contribution < 1.29 is 0 Å². The Labute approximate surface area is 193 Å². The van der Waals surface area contributed by atoms with Crippen molar-refractivity contribution >= 4 is 16.9 Å². The van der Waals surface area contributed by atoms with E-state index in [1.807, 2.05) is 12.3 Å². The van der Waals surface area contributed by atoms with Crippen LogP contribution in [0.3, 0.4) is 0 Å². The van der Waals surface area contributed by atoms with E-state index >= 15 is 0 Å². The smallest absolute Gasteiger partial charge is 0.101 e. The Morgan fingerprint density at radius 2 is 1.58 bits per heavy atom. The fraction of sp³-hybridized carbons (Fsp3) is 0.0667. The molecule has 1 aliphatic carbocycles. The molecule has 0 bridgehead atoms. The number of para-hydroxylation sites is 1. The number of hydrogen-bond donors (Lipinski definition) is 0. The van der Waals surface area contributed by atoms with Crippen molar-refractivity contribution in [2.75, 3.05) is 4.90 Å². The maximum absolute atomic E-state index is 9.30. The van der Waals surface area contributed by atoms with Crippen LogP contribution in [0.25, 0.3) is 16.7 Å². The number of hydrogen-bond acceptors (Lipinski definition) is 3. The maximum Gasteiger partial charge on any atom is 0.101 e. The van der Waals surface area contributed by atoms with Gasteiger partial charge in [-0.05, 0) is 52.6 Å². The molecule has 1 aromatic heterocycles. The molecule has 3 nitrogen and oxygen atoms in total. The van der Waals surface area contributed by atoms with Crippen molar-refractivity contribution in [1.82, 2.24) is 4.98 Å². The second kappa shape index (κ2) is 7.93. The summed E-state index contributed by atoms with van der Waals surface area (Å²) in [6, 6.07) is 32.1. The molecule has 0 saturated carbocycles. The number of pyridine rings is 1. The molecule has 3 aromatic carbocycles. The highest BCUT2D eigenvalue weighted by Gasteiger charge is 2.38. The molecule has 3 heteroatoms. The van der Waals surface area contributed by atoms with Crippen LogP contribution >= 0.6 is 0 Å². The highest BCUT2D eigenvalue weighted by Crippen LogP contribution is 2.50. The summed E-state index contributed by atoms with van der Waals surface area (Å²) in [6.45, 7) is 0. The number of nitrogens with zero attached hydrogens (tertiary/aromatic N) is 3. The molecule has 2 aliphatic rings. The molecule has 0 spiro atoms. The van der Waals surface area contributed by atoms with Gasteiger partial charge in [0.2, 0.25) is 0 Å². The van der Waals surface area contributed by atoms with Crippen LogP contribution in [0.1, 0.15) is 22.6 Å². The lowest BCUT2D eigenvalue weighted by Gasteiger charge is -2.29. The summed E-state index contributed by atoms with van der Waals surface area (Å²) < 4.78 is 0. The van der Waals surface area contributed by atoms with E-state index in [0.717, 1.165) is 11.1 Å². The molecular weight excluding hydrogens is 402 g/mol. The quantitative estimate of drug-likeness (QED) is 0.361. The van der Waals surface area contributed by atoms with Gasteiger partial charge in [-0.15, -0.1) is 0 Å². The Bertz CT molecular complexity index is 1430. The first-order valence-electron chi connectivity index (χ1n) is 11.1. The first kappa shape index (κ1) is 19.3. The molecule has 2 heterocycles. The highest BCUT2D eigenvalue weighted by molar-refractivity contribution is 5.84. The Morgan fingerprint density at radius 1 is 0.788 bits per heavy atom. The average molecular weight is 424 g/mol. The summed E-state index contributed by atoms with van der Waals surface area (Å²) in [4.78, 5) is 6.70. The van der Waals surface area contributed by atoms with Gasteiger partial charge in [-0.1, -0.05) is 72.8 Å². The zero-order chi connectivity index (χ0) is 22.2. The Hall–Kier alpha value is -4.42. The molecule has 0 saturated heterocycles. The van der Waals surface area contributed by atoms with Crippen molar-refractivity contribution in [3.8, 4) is 17.2 Å². The van der Waals surface area contributed by atoms with Gasteiger partial charge in [0.1, 0.15) is 6.07 Å². The van der Waals surface area contributed by atoms with Gasteiger partial charge in [0.25, 0.3) is 0 Å². The minimum Gasteiger partial charge on any atom is -0.333 e. The van der Waals surface area contributed by atoms with E-state index in [9.17, 15) is 5.26 Å². The van der Waals surface area contributed by atoms with E-state index < -0.39 is 0 Å². The number of fused-ring (bicyclic) bond motifs is 3. The van der Waals surface area contributed by atoms with Gasteiger partial charge in [0, 0.05) is 35.2 Å². The van der Waals surface area contributed by atoms with Crippen LogP contribution in [0, 0.1) is 11.3 Å². The van der Waals surface area contributed by atoms with Gasteiger partial charge >= 0.3 is 0 Å². The largest absolute Gasteiger partial charge is 0.333 e. The number of aromatic nitrogens is 1. The van der Waals surface area contributed by atoms with Crippen LogP contribution < -0.4 is 4.90 Å². The molecule has 6 rings (SSSR count). The van der Waals surface area contributed by atoms with Gasteiger partial charge in [0.05, 0.1) is 11.6 Å². The maximum atomic E-state index is 9.30. The topological polar surface area (TPSA) is 39.9 Å². The van der Waals surface area contributed by atoms with Crippen LogP contribution in [0.5, 0.6) is 0 Å². The number of rotatable bonds is 3. The Morgan fingerprint density at radius 3 is 2.36 bits per heavy atom. The van der Waals surface area contributed by atoms with Gasteiger partial charge < -0.3 is 4.90 Å². The summed E-state index contributed by atoms with van der Waals surface area (Å²) in [5.41, 5.74) is 8.80. The van der Waals surface area contributed by atoms with Gasteiger partial charge in [-0.3, -0.25) is 4.98 Å². The molecule has 2 unspecified atom stereocenters. The van der Waals surface area contributed by atoms with Crippen molar-refractivity contribution in [2.45, 2.75) is 12.0 Å². The molecule has 0 radical (unpaired) electrons. The van der Waals surface area contributed by atoms with Crippen molar-refractivity contribution in [3.05, 3.63) is 132 Å². The second-order valence-corrected chi connectivity index (χ2v) is 8.42. The number of nitriles is 1. The van der Waals surface area contributed by atoms with Crippen LogP contribution in [-0.4, -0.2) is 11.0 Å². The Balaban J connectivity index is 1.50. The molecule has 156 valence electrons. The van der Waals surface area contributed by atoms with Crippen LogP contribution in [-0.2, 0) is 0 Å². The van der Waals surface area contributed by atoms with E-state index in [-0.39, 0.29) is 12.0 Å². The third-order valence-corrected chi connectivity index (χ3v) is 6.49.